The number of oxazole rings is 1. The maximum atomic E-state index is 13.5. The molecule has 0 fully saturated rings. The van der Waals surface area contributed by atoms with Gasteiger partial charge in [-0.15, -0.1) is 0 Å². The summed E-state index contributed by atoms with van der Waals surface area (Å²) < 4.78 is 21.2. The van der Waals surface area contributed by atoms with Crippen molar-refractivity contribution in [2.75, 3.05) is 26.0 Å². The standard InChI is InChI=1S/C19H20FN5O/c1-23(2)11-12-5-8-17-15(9-12)22-19(26-17)25(4)18-21-14-7-6-13(20)10-16(14)24(18)3/h5-10H,11H2,1-4H3. The highest BCUT2D eigenvalue weighted by molar-refractivity contribution is 5.80. The average Bonchev–Trinajstić information content (AvgIpc) is 3.15. The monoisotopic (exact) mass is 353 g/mol. The van der Waals surface area contributed by atoms with Gasteiger partial charge >= 0.3 is 6.01 Å². The molecule has 2 aromatic heterocycles. The lowest BCUT2D eigenvalue weighted by atomic mass is 10.2. The van der Waals surface area contributed by atoms with E-state index in [9.17, 15) is 4.39 Å². The van der Waals surface area contributed by atoms with Crippen LogP contribution >= 0.6 is 0 Å². The van der Waals surface area contributed by atoms with Gasteiger partial charge in [0.2, 0.25) is 5.95 Å². The van der Waals surface area contributed by atoms with Gasteiger partial charge in [-0.3, -0.25) is 4.90 Å². The first-order valence-electron chi connectivity index (χ1n) is 8.32. The number of hydrogen-bond donors (Lipinski definition) is 0. The van der Waals surface area contributed by atoms with E-state index in [-0.39, 0.29) is 5.82 Å². The van der Waals surface area contributed by atoms with Crippen molar-refractivity contribution in [3.63, 3.8) is 0 Å². The predicted octanol–water partition coefficient (Wildman–Crippen LogP) is 3.68. The molecule has 0 amide bonds. The molecule has 0 aliphatic carbocycles. The molecule has 2 aromatic carbocycles. The molecule has 0 spiro atoms. The number of hydrogen-bond acceptors (Lipinski definition) is 5. The molecule has 134 valence electrons. The Hall–Kier alpha value is -2.93. The van der Waals surface area contributed by atoms with Crippen LogP contribution in [0.15, 0.2) is 40.8 Å². The fourth-order valence-electron chi connectivity index (χ4n) is 3.10. The Morgan fingerprint density at radius 3 is 2.62 bits per heavy atom. The average molecular weight is 353 g/mol. The molecule has 0 unspecified atom stereocenters. The minimum absolute atomic E-state index is 0.287. The van der Waals surface area contributed by atoms with Gasteiger partial charge in [-0.1, -0.05) is 6.07 Å². The van der Waals surface area contributed by atoms with Crippen molar-refractivity contribution in [1.82, 2.24) is 19.4 Å². The van der Waals surface area contributed by atoms with Gasteiger partial charge in [0.25, 0.3) is 0 Å². The third-order valence-corrected chi connectivity index (χ3v) is 4.35. The van der Waals surface area contributed by atoms with Gasteiger partial charge in [0.1, 0.15) is 11.3 Å². The lowest BCUT2D eigenvalue weighted by Gasteiger charge is -2.13. The van der Waals surface area contributed by atoms with Crippen LogP contribution in [-0.4, -0.2) is 40.6 Å². The third kappa shape index (κ3) is 2.80. The molecular formula is C19H20FN5O. The first-order valence-corrected chi connectivity index (χ1v) is 8.32. The topological polar surface area (TPSA) is 50.3 Å². The number of fused-ring (bicyclic) bond motifs is 2. The summed E-state index contributed by atoms with van der Waals surface area (Å²) >= 11 is 0. The molecule has 0 bridgehead atoms. The van der Waals surface area contributed by atoms with Crippen molar-refractivity contribution in [3.8, 4) is 0 Å². The highest BCUT2D eigenvalue weighted by Gasteiger charge is 2.18. The minimum Gasteiger partial charge on any atom is -0.423 e. The van der Waals surface area contributed by atoms with Gasteiger partial charge in [0.15, 0.2) is 5.58 Å². The molecule has 7 heteroatoms. The normalized spacial score (nSPS) is 11.8. The van der Waals surface area contributed by atoms with Crippen LogP contribution in [0.2, 0.25) is 0 Å². The lowest BCUT2D eigenvalue weighted by molar-refractivity contribution is 0.402. The van der Waals surface area contributed by atoms with E-state index in [0.29, 0.717) is 12.0 Å². The van der Waals surface area contributed by atoms with Crippen molar-refractivity contribution in [3.05, 3.63) is 47.8 Å². The quantitative estimate of drug-likeness (QED) is 0.560. The van der Waals surface area contributed by atoms with Crippen LogP contribution in [0.5, 0.6) is 0 Å². The zero-order chi connectivity index (χ0) is 18.4. The van der Waals surface area contributed by atoms with Crippen LogP contribution < -0.4 is 4.90 Å². The first-order chi connectivity index (χ1) is 12.4. The van der Waals surface area contributed by atoms with Crippen LogP contribution in [0.25, 0.3) is 22.1 Å². The van der Waals surface area contributed by atoms with Crippen LogP contribution in [0.1, 0.15) is 5.56 Å². The molecule has 0 atom stereocenters. The minimum atomic E-state index is -0.287. The Morgan fingerprint density at radius 2 is 1.85 bits per heavy atom. The van der Waals surface area contributed by atoms with E-state index in [0.717, 1.165) is 28.7 Å². The summed E-state index contributed by atoms with van der Waals surface area (Å²) in [6.45, 7) is 0.838. The van der Waals surface area contributed by atoms with Crippen LogP contribution in [0.4, 0.5) is 16.4 Å². The Balaban J connectivity index is 1.74. The summed E-state index contributed by atoms with van der Waals surface area (Å²) in [5, 5.41) is 0. The van der Waals surface area contributed by atoms with Gasteiger partial charge in [-0.25, -0.2) is 9.37 Å². The fraction of sp³-hybridized carbons (Fsp3) is 0.263. The zero-order valence-electron chi connectivity index (χ0n) is 15.2. The predicted molar refractivity (Wildman–Crippen MR) is 100 cm³/mol. The van der Waals surface area contributed by atoms with E-state index >= 15 is 0 Å². The smallest absolute Gasteiger partial charge is 0.305 e. The summed E-state index contributed by atoms with van der Waals surface area (Å²) in [7, 11) is 7.74. The molecule has 0 aliphatic rings. The fourth-order valence-corrected chi connectivity index (χ4v) is 3.10. The van der Waals surface area contributed by atoms with E-state index in [1.807, 2.05) is 51.0 Å². The van der Waals surface area contributed by atoms with E-state index in [4.69, 9.17) is 4.42 Å². The molecule has 4 rings (SSSR count). The Labute approximate surface area is 150 Å². The summed E-state index contributed by atoms with van der Waals surface area (Å²) in [5.74, 6) is 0.343. The summed E-state index contributed by atoms with van der Waals surface area (Å²) in [6, 6.07) is 11.0. The van der Waals surface area contributed by atoms with Crippen molar-refractivity contribution < 1.29 is 8.81 Å². The van der Waals surface area contributed by atoms with Crippen LogP contribution in [-0.2, 0) is 13.6 Å². The van der Waals surface area contributed by atoms with Crippen molar-refractivity contribution in [1.29, 1.82) is 0 Å². The SMILES string of the molecule is CN(C)Cc1ccc2oc(N(C)c3nc4ccc(F)cc4n3C)nc2c1. The molecule has 4 aromatic rings. The summed E-state index contributed by atoms with van der Waals surface area (Å²) in [4.78, 5) is 13.0. The van der Waals surface area contributed by atoms with Gasteiger partial charge < -0.3 is 13.9 Å². The van der Waals surface area contributed by atoms with Crippen LogP contribution in [0, 0.1) is 5.82 Å². The second-order valence-corrected chi connectivity index (χ2v) is 6.70. The number of rotatable bonds is 4. The number of anilines is 2. The maximum Gasteiger partial charge on any atom is 0.305 e. The number of imidazole rings is 1. The number of nitrogens with zero attached hydrogens (tertiary/aromatic N) is 5. The lowest BCUT2D eigenvalue weighted by Crippen LogP contribution is -2.14. The summed E-state index contributed by atoms with van der Waals surface area (Å²) in [6.07, 6.45) is 0. The van der Waals surface area contributed by atoms with Gasteiger partial charge in [-0.05, 0) is 50.0 Å². The molecule has 0 radical (unpaired) electrons. The molecule has 0 N–H and O–H groups in total. The largest absolute Gasteiger partial charge is 0.423 e. The Morgan fingerprint density at radius 1 is 1.04 bits per heavy atom. The molecular weight excluding hydrogens is 333 g/mol. The van der Waals surface area contributed by atoms with Crippen LogP contribution in [0.3, 0.4) is 0 Å². The Bertz CT molecular complexity index is 1100. The summed E-state index contributed by atoms with van der Waals surface area (Å²) in [5.41, 5.74) is 4.13. The Kier molecular flexibility index (Phi) is 3.88. The number of halogens is 1. The molecule has 0 aliphatic heterocycles. The van der Waals surface area contributed by atoms with E-state index in [2.05, 4.69) is 14.9 Å². The van der Waals surface area contributed by atoms with Crippen molar-refractivity contribution in [2.24, 2.45) is 7.05 Å². The number of aryl methyl sites for hydroxylation is 1. The maximum absolute atomic E-state index is 13.5. The molecule has 6 nitrogen and oxygen atoms in total. The first kappa shape index (κ1) is 16.5. The third-order valence-electron chi connectivity index (χ3n) is 4.35. The molecule has 26 heavy (non-hydrogen) atoms. The second-order valence-electron chi connectivity index (χ2n) is 6.70. The van der Waals surface area contributed by atoms with Crippen molar-refractivity contribution in [2.45, 2.75) is 6.54 Å². The van der Waals surface area contributed by atoms with E-state index in [1.165, 1.54) is 17.7 Å². The van der Waals surface area contributed by atoms with Crippen molar-refractivity contribution >= 4 is 34.1 Å². The van der Waals surface area contributed by atoms with Gasteiger partial charge in [0, 0.05) is 20.6 Å². The molecule has 0 saturated carbocycles. The number of benzene rings is 2. The second kappa shape index (κ2) is 6.10. The number of aromatic nitrogens is 3. The highest BCUT2D eigenvalue weighted by atomic mass is 19.1. The van der Waals surface area contributed by atoms with Gasteiger partial charge in [-0.2, -0.15) is 4.98 Å². The zero-order valence-corrected chi connectivity index (χ0v) is 15.2. The van der Waals surface area contributed by atoms with E-state index in [1.54, 1.807) is 11.0 Å². The van der Waals surface area contributed by atoms with Gasteiger partial charge in [0.05, 0.1) is 11.0 Å². The highest BCUT2D eigenvalue weighted by Crippen LogP contribution is 2.29. The molecule has 2 heterocycles. The molecule has 0 saturated heterocycles. The van der Waals surface area contributed by atoms with E-state index < -0.39 is 0 Å².